The zero-order valence-corrected chi connectivity index (χ0v) is 10.9. The Morgan fingerprint density at radius 1 is 1.45 bits per heavy atom. The van der Waals surface area contributed by atoms with Crippen molar-refractivity contribution in [3.63, 3.8) is 0 Å². The molecule has 106 valence electrons. The van der Waals surface area contributed by atoms with Gasteiger partial charge in [0.05, 0.1) is 12.2 Å². The number of aryl methyl sites for hydroxylation is 1. The molecule has 0 spiro atoms. The lowest BCUT2D eigenvalue weighted by Gasteiger charge is -2.06. The van der Waals surface area contributed by atoms with Crippen LogP contribution in [0.5, 0.6) is 0 Å². The summed E-state index contributed by atoms with van der Waals surface area (Å²) in [6, 6.07) is 6.21. The van der Waals surface area contributed by atoms with E-state index in [9.17, 15) is 4.39 Å². The Labute approximate surface area is 115 Å². The van der Waals surface area contributed by atoms with Gasteiger partial charge in [-0.3, -0.25) is 0 Å². The van der Waals surface area contributed by atoms with Gasteiger partial charge in [0.15, 0.2) is 11.6 Å². The summed E-state index contributed by atoms with van der Waals surface area (Å²) >= 11 is 0. The molecule has 1 aromatic carbocycles. The standard InChI is InChI=1S/C13H15FN4O2/c1-8-4-11(20-18-8)7-16-6-10-3-2-9(5-12(10)14)13(15)17-19/h2-5,16,19H,6-7H2,1H3,(H2,15,17). The van der Waals surface area contributed by atoms with Gasteiger partial charge in [0.2, 0.25) is 0 Å². The highest BCUT2D eigenvalue weighted by molar-refractivity contribution is 5.97. The van der Waals surface area contributed by atoms with Crippen LogP contribution in [0, 0.1) is 12.7 Å². The van der Waals surface area contributed by atoms with Gasteiger partial charge in [-0.15, -0.1) is 0 Å². The first kappa shape index (κ1) is 14.0. The minimum atomic E-state index is -0.421. The maximum absolute atomic E-state index is 13.8. The predicted molar refractivity (Wildman–Crippen MR) is 70.7 cm³/mol. The van der Waals surface area contributed by atoms with Crippen molar-refractivity contribution >= 4 is 5.84 Å². The van der Waals surface area contributed by atoms with Crippen LogP contribution >= 0.6 is 0 Å². The van der Waals surface area contributed by atoms with Gasteiger partial charge in [0, 0.05) is 23.7 Å². The molecule has 0 aliphatic carbocycles. The molecule has 0 fully saturated rings. The van der Waals surface area contributed by atoms with Crippen molar-refractivity contribution in [2.24, 2.45) is 10.9 Å². The summed E-state index contributed by atoms with van der Waals surface area (Å²) in [5.74, 6) is 0.145. The number of halogens is 1. The van der Waals surface area contributed by atoms with Gasteiger partial charge in [-0.05, 0) is 13.0 Å². The Balaban J connectivity index is 1.96. The van der Waals surface area contributed by atoms with Crippen molar-refractivity contribution in [1.29, 1.82) is 0 Å². The van der Waals surface area contributed by atoms with Gasteiger partial charge in [-0.25, -0.2) is 4.39 Å². The Hall–Kier alpha value is -2.41. The van der Waals surface area contributed by atoms with Crippen molar-refractivity contribution in [2.75, 3.05) is 0 Å². The summed E-state index contributed by atoms with van der Waals surface area (Å²) in [6.45, 7) is 2.63. The molecule has 1 aromatic heterocycles. The number of benzene rings is 1. The Morgan fingerprint density at radius 2 is 2.25 bits per heavy atom. The van der Waals surface area contributed by atoms with Gasteiger partial charge < -0.3 is 20.8 Å². The van der Waals surface area contributed by atoms with E-state index in [2.05, 4.69) is 15.6 Å². The van der Waals surface area contributed by atoms with E-state index in [1.807, 2.05) is 13.0 Å². The van der Waals surface area contributed by atoms with Gasteiger partial charge in [-0.2, -0.15) is 0 Å². The van der Waals surface area contributed by atoms with Gasteiger partial charge in [0.1, 0.15) is 5.82 Å². The van der Waals surface area contributed by atoms with Crippen LogP contribution in [-0.4, -0.2) is 16.2 Å². The minimum absolute atomic E-state index is 0.124. The van der Waals surface area contributed by atoms with E-state index in [-0.39, 0.29) is 5.84 Å². The molecule has 0 aliphatic heterocycles. The van der Waals surface area contributed by atoms with Crippen molar-refractivity contribution in [3.8, 4) is 0 Å². The first-order valence-electron chi connectivity index (χ1n) is 5.99. The first-order chi connectivity index (χ1) is 9.60. The second-order valence-corrected chi connectivity index (χ2v) is 4.33. The number of nitrogens with two attached hydrogens (primary N) is 1. The van der Waals surface area contributed by atoms with E-state index in [0.29, 0.717) is 30.0 Å². The second-order valence-electron chi connectivity index (χ2n) is 4.33. The lowest BCUT2D eigenvalue weighted by Crippen LogP contribution is -2.16. The molecule has 2 rings (SSSR count). The van der Waals surface area contributed by atoms with Crippen molar-refractivity contribution in [3.05, 3.63) is 52.7 Å². The summed E-state index contributed by atoms with van der Waals surface area (Å²) in [5.41, 5.74) is 7.01. The molecule has 0 saturated heterocycles. The Kier molecular flexibility index (Phi) is 4.31. The molecule has 6 nitrogen and oxygen atoms in total. The van der Waals surface area contributed by atoms with Crippen molar-refractivity contribution in [2.45, 2.75) is 20.0 Å². The number of rotatable bonds is 5. The number of aromatic nitrogens is 1. The number of hydrogen-bond acceptors (Lipinski definition) is 5. The Morgan fingerprint density at radius 3 is 2.85 bits per heavy atom. The SMILES string of the molecule is Cc1cc(CNCc2ccc(C(N)=NO)cc2F)on1. The zero-order valence-electron chi connectivity index (χ0n) is 10.9. The van der Waals surface area contributed by atoms with E-state index in [1.165, 1.54) is 6.07 Å². The van der Waals surface area contributed by atoms with Gasteiger partial charge >= 0.3 is 0 Å². The molecule has 0 atom stereocenters. The zero-order chi connectivity index (χ0) is 14.5. The molecule has 4 N–H and O–H groups in total. The largest absolute Gasteiger partial charge is 0.409 e. The van der Waals surface area contributed by atoms with Gasteiger partial charge in [-0.1, -0.05) is 22.4 Å². The monoisotopic (exact) mass is 278 g/mol. The molecule has 0 radical (unpaired) electrons. The number of amidine groups is 1. The van der Waals surface area contributed by atoms with Crippen LogP contribution in [0.2, 0.25) is 0 Å². The number of nitrogens with zero attached hydrogens (tertiary/aromatic N) is 2. The molecule has 7 heteroatoms. The van der Waals surface area contributed by atoms with Crippen LogP contribution in [-0.2, 0) is 13.1 Å². The minimum Gasteiger partial charge on any atom is -0.409 e. The third kappa shape index (κ3) is 3.33. The van der Waals surface area contributed by atoms with Crippen LogP contribution in [0.25, 0.3) is 0 Å². The maximum Gasteiger partial charge on any atom is 0.170 e. The fourth-order valence-corrected chi connectivity index (χ4v) is 1.73. The first-order valence-corrected chi connectivity index (χ1v) is 5.99. The molecule has 2 aromatic rings. The van der Waals surface area contributed by atoms with Crippen LogP contribution in [0.4, 0.5) is 4.39 Å². The highest BCUT2D eigenvalue weighted by atomic mass is 19.1. The van der Waals surface area contributed by atoms with E-state index >= 15 is 0 Å². The van der Waals surface area contributed by atoms with Crippen LogP contribution < -0.4 is 11.1 Å². The molecule has 0 aliphatic rings. The molecule has 0 saturated carbocycles. The molecule has 0 amide bonds. The van der Waals surface area contributed by atoms with Crippen molar-refractivity contribution in [1.82, 2.24) is 10.5 Å². The molecule has 0 bridgehead atoms. The fourth-order valence-electron chi connectivity index (χ4n) is 1.73. The topological polar surface area (TPSA) is 96.7 Å². The summed E-state index contributed by atoms with van der Waals surface area (Å²) in [5, 5.41) is 18.2. The highest BCUT2D eigenvalue weighted by Crippen LogP contribution is 2.11. The number of nitrogens with one attached hydrogen (secondary N) is 1. The number of hydrogen-bond donors (Lipinski definition) is 3. The molecule has 0 unspecified atom stereocenters. The summed E-state index contributed by atoms with van der Waals surface area (Å²) in [4.78, 5) is 0. The molecular formula is C13H15FN4O2. The highest BCUT2D eigenvalue weighted by Gasteiger charge is 2.07. The number of oxime groups is 1. The summed E-state index contributed by atoms with van der Waals surface area (Å²) < 4.78 is 18.8. The third-order valence-electron chi connectivity index (χ3n) is 2.75. The van der Waals surface area contributed by atoms with Crippen molar-refractivity contribution < 1.29 is 14.1 Å². The quantitative estimate of drug-likeness (QED) is 0.333. The molecule has 20 heavy (non-hydrogen) atoms. The lowest BCUT2D eigenvalue weighted by molar-refractivity contribution is 0.318. The van der Waals surface area contributed by atoms with E-state index < -0.39 is 5.82 Å². The molecule has 1 heterocycles. The summed E-state index contributed by atoms with van der Waals surface area (Å²) in [6.07, 6.45) is 0. The predicted octanol–water partition coefficient (Wildman–Crippen LogP) is 1.51. The molecular weight excluding hydrogens is 263 g/mol. The normalized spacial score (nSPS) is 11.8. The average molecular weight is 278 g/mol. The van der Waals surface area contributed by atoms with E-state index in [1.54, 1.807) is 12.1 Å². The maximum atomic E-state index is 13.8. The fraction of sp³-hybridized carbons (Fsp3) is 0.231. The van der Waals surface area contributed by atoms with Crippen LogP contribution in [0.1, 0.15) is 22.6 Å². The van der Waals surface area contributed by atoms with Crippen LogP contribution in [0.3, 0.4) is 0 Å². The smallest absolute Gasteiger partial charge is 0.170 e. The third-order valence-corrected chi connectivity index (χ3v) is 2.75. The van der Waals surface area contributed by atoms with E-state index in [4.69, 9.17) is 15.5 Å². The lowest BCUT2D eigenvalue weighted by atomic mass is 10.1. The van der Waals surface area contributed by atoms with Gasteiger partial charge in [0.25, 0.3) is 0 Å². The summed E-state index contributed by atoms with van der Waals surface area (Å²) in [7, 11) is 0. The second kappa shape index (κ2) is 6.16. The Bertz CT molecular complexity index is 625. The van der Waals surface area contributed by atoms with E-state index in [0.717, 1.165) is 5.69 Å². The van der Waals surface area contributed by atoms with Crippen LogP contribution in [0.15, 0.2) is 33.9 Å². The average Bonchev–Trinajstić information content (AvgIpc) is 2.85.